The molecule has 2 heterocycles. The van der Waals surface area contributed by atoms with Crippen molar-refractivity contribution in [2.24, 2.45) is 0 Å². The highest BCUT2D eigenvalue weighted by Gasteiger charge is 2.12. The van der Waals surface area contributed by atoms with E-state index in [2.05, 4.69) is 20.3 Å². The second-order valence-corrected chi connectivity index (χ2v) is 8.49. The van der Waals surface area contributed by atoms with E-state index in [0.29, 0.717) is 11.3 Å². The van der Waals surface area contributed by atoms with Crippen LogP contribution in [0.4, 0.5) is 5.69 Å². The number of hydrogen-bond donors (Lipinski definition) is 1. The van der Waals surface area contributed by atoms with Gasteiger partial charge in [0.25, 0.3) is 5.91 Å². The predicted molar refractivity (Wildman–Crippen MR) is 135 cm³/mol. The third-order valence-corrected chi connectivity index (χ3v) is 5.76. The molecule has 0 spiro atoms. The summed E-state index contributed by atoms with van der Waals surface area (Å²) in [5, 5.41) is 3.74. The Morgan fingerprint density at radius 2 is 1.70 bits per heavy atom. The number of anilines is 1. The summed E-state index contributed by atoms with van der Waals surface area (Å²) in [5.74, 6) is 0.470. The maximum atomic E-state index is 13.1. The van der Waals surface area contributed by atoms with E-state index in [-0.39, 0.29) is 5.91 Å². The fourth-order valence-electron chi connectivity index (χ4n) is 3.34. The van der Waals surface area contributed by atoms with E-state index < -0.39 is 0 Å². The Labute approximate surface area is 198 Å². The highest BCUT2D eigenvalue weighted by molar-refractivity contribution is 7.98. The fraction of sp³-hybridized carbons (Fsp3) is 0.111. The van der Waals surface area contributed by atoms with Crippen molar-refractivity contribution in [2.75, 3.05) is 5.32 Å². The van der Waals surface area contributed by atoms with Crippen LogP contribution in [0, 0.1) is 13.8 Å². The number of rotatable bonds is 7. The van der Waals surface area contributed by atoms with Crippen LogP contribution < -0.4 is 5.32 Å². The van der Waals surface area contributed by atoms with Crippen molar-refractivity contribution in [3.05, 3.63) is 113 Å². The van der Waals surface area contributed by atoms with Gasteiger partial charge in [0, 0.05) is 34.6 Å². The molecular weight excluding hydrogens is 428 g/mol. The Morgan fingerprint density at radius 1 is 0.909 bits per heavy atom. The molecule has 4 rings (SSSR count). The van der Waals surface area contributed by atoms with Gasteiger partial charge < -0.3 is 5.32 Å². The zero-order valence-corrected chi connectivity index (χ0v) is 19.3. The quantitative estimate of drug-likeness (QED) is 0.267. The first-order valence-electron chi connectivity index (χ1n) is 10.6. The van der Waals surface area contributed by atoms with Crippen LogP contribution in [-0.2, 0) is 5.75 Å². The van der Waals surface area contributed by atoms with Crippen molar-refractivity contribution in [1.82, 2.24) is 15.0 Å². The SMILES string of the molecule is Cc1cc(C)nc(SCc2ccccc2C(=O)Nc2cccc(C=Cc3ccccn3)c2)n1. The van der Waals surface area contributed by atoms with Crippen molar-refractivity contribution in [2.45, 2.75) is 24.8 Å². The Kier molecular flexibility index (Phi) is 7.27. The van der Waals surface area contributed by atoms with Gasteiger partial charge in [-0.3, -0.25) is 9.78 Å². The van der Waals surface area contributed by atoms with E-state index in [4.69, 9.17) is 0 Å². The standard InChI is InChI=1S/C27H24N4OS/c1-19-16-20(2)30-27(29-19)33-18-22-9-3-4-12-25(22)26(32)31-24-11-7-8-21(17-24)13-14-23-10-5-6-15-28-23/h3-17H,18H2,1-2H3,(H,31,32). The van der Waals surface area contributed by atoms with Crippen LogP contribution in [0.25, 0.3) is 12.2 Å². The maximum Gasteiger partial charge on any atom is 0.255 e. The third kappa shape index (κ3) is 6.37. The molecule has 6 heteroatoms. The van der Waals surface area contributed by atoms with Gasteiger partial charge in [-0.25, -0.2) is 9.97 Å². The molecule has 33 heavy (non-hydrogen) atoms. The lowest BCUT2D eigenvalue weighted by atomic mass is 10.1. The minimum absolute atomic E-state index is 0.140. The first-order valence-corrected chi connectivity index (χ1v) is 11.6. The van der Waals surface area contributed by atoms with Gasteiger partial charge >= 0.3 is 0 Å². The van der Waals surface area contributed by atoms with E-state index in [1.54, 1.807) is 6.20 Å². The van der Waals surface area contributed by atoms with Crippen molar-refractivity contribution in [3.8, 4) is 0 Å². The molecule has 2 aromatic carbocycles. The molecule has 0 unspecified atom stereocenters. The summed E-state index contributed by atoms with van der Waals surface area (Å²) in [6.45, 7) is 3.92. The van der Waals surface area contributed by atoms with Crippen LogP contribution in [0.5, 0.6) is 0 Å². The molecule has 1 N–H and O–H groups in total. The number of benzene rings is 2. The number of aryl methyl sites for hydroxylation is 2. The Bertz CT molecular complexity index is 1270. The molecule has 0 saturated carbocycles. The number of carbonyl (C=O) groups is 1. The highest BCUT2D eigenvalue weighted by Crippen LogP contribution is 2.23. The molecule has 0 fully saturated rings. The Morgan fingerprint density at radius 3 is 2.48 bits per heavy atom. The lowest BCUT2D eigenvalue weighted by molar-refractivity contribution is 0.102. The van der Waals surface area contributed by atoms with Gasteiger partial charge in [-0.05, 0) is 67.4 Å². The van der Waals surface area contributed by atoms with Gasteiger partial charge in [-0.1, -0.05) is 54.2 Å². The van der Waals surface area contributed by atoms with Crippen molar-refractivity contribution >= 4 is 35.5 Å². The van der Waals surface area contributed by atoms with Crippen molar-refractivity contribution in [3.63, 3.8) is 0 Å². The number of carbonyl (C=O) groups excluding carboxylic acids is 1. The molecule has 0 aliphatic rings. The minimum atomic E-state index is -0.140. The third-order valence-electron chi connectivity index (χ3n) is 4.86. The number of amides is 1. The van der Waals surface area contributed by atoms with Crippen LogP contribution in [0.3, 0.4) is 0 Å². The second-order valence-electron chi connectivity index (χ2n) is 7.55. The molecular formula is C27H24N4OS. The van der Waals surface area contributed by atoms with Crippen LogP contribution in [0.2, 0.25) is 0 Å². The van der Waals surface area contributed by atoms with E-state index >= 15 is 0 Å². The van der Waals surface area contributed by atoms with Gasteiger partial charge in [-0.15, -0.1) is 0 Å². The number of aromatic nitrogens is 3. The molecule has 0 aliphatic heterocycles. The number of nitrogens with zero attached hydrogens (tertiary/aromatic N) is 3. The Balaban J connectivity index is 1.46. The lowest BCUT2D eigenvalue weighted by Gasteiger charge is -2.11. The molecule has 0 saturated heterocycles. The number of hydrogen-bond acceptors (Lipinski definition) is 5. The van der Waals surface area contributed by atoms with Crippen LogP contribution in [0.15, 0.2) is 84.1 Å². The van der Waals surface area contributed by atoms with Gasteiger partial charge in [0.05, 0.1) is 5.69 Å². The topological polar surface area (TPSA) is 67.8 Å². The second kappa shape index (κ2) is 10.7. The van der Waals surface area contributed by atoms with Crippen LogP contribution in [-0.4, -0.2) is 20.9 Å². The fourth-order valence-corrected chi connectivity index (χ4v) is 4.30. The molecule has 5 nitrogen and oxygen atoms in total. The zero-order chi connectivity index (χ0) is 23.0. The lowest BCUT2D eigenvalue weighted by Crippen LogP contribution is -2.14. The average molecular weight is 453 g/mol. The number of nitrogens with one attached hydrogen (secondary N) is 1. The summed E-state index contributed by atoms with van der Waals surface area (Å²) in [6.07, 6.45) is 5.69. The van der Waals surface area contributed by atoms with Gasteiger partial charge in [0.15, 0.2) is 5.16 Å². The largest absolute Gasteiger partial charge is 0.322 e. The monoisotopic (exact) mass is 452 g/mol. The normalized spacial score (nSPS) is 11.0. The molecule has 0 radical (unpaired) electrons. The molecule has 4 aromatic rings. The summed E-state index contributed by atoms with van der Waals surface area (Å²) >= 11 is 1.53. The summed E-state index contributed by atoms with van der Waals surface area (Å²) in [4.78, 5) is 26.3. The Hall–Kier alpha value is -3.77. The van der Waals surface area contributed by atoms with E-state index in [1.165, 1.54) is 11.8 Å². The van der Waals surface area contributed by atoms with Gasteiger partial charge in [0.1, 0.15) is 0 Å². The summed E-state index contributed by atoms with van der Waals surface area (Å²) in [5.41, 5.74) is 6.06. The average Bonchev–Trinajstić information content (AvgIpc) is 2.82. The van der Waals surface area contributed by atoms with E-state index in [1.807, 2.05) is 98.8 Å². The molecule has 1 amide bonds. The first kappa shape index (κ1) is 22.4. The van der Waals surface area contributed by atoms with Crippen LogP contribution >= 0.6 is 11.8 Å². The molecule has 164 valence electrons. The molecule has 0 atom stereocenters. The molecule has 0 aliphatic carbocycles. The smallest absolute Gasteiger partial charge is 0.255 e. The minimum Gasteiger partial charge on any atom is -0.322 e. The first-order chi connectivity index (χ1) is 16.1. The summed E-state index contributed by atoms with van der Waals surface area (Å²) in [6, 6.07) is 23.1. The highest BCUT2D eigenvalue weighted by atomic mass is 32.2. The van der Waals surface area contributed by atoms with Gasteiger partial charge in [-0.2, -0.15) is 0 Å². The zero-order valence-electron chi connectivity index (χ0n) is 18.5. The van der Waals surface area contributed by atoms with Crippen molar-refractivity contribution < 1.29 is 4.79 Å². The number of thioether (sulfide) groups is 1. The van der Waals surface area contributed by atoms with Crippen LogP contribution in [0.1, 0.15) is 38.6 Å². The maximum absolute atomic E-state index is 13.1. The molecule has 0 bridgehead atoms. The predicted octanol–water partition coefficient (Wildman–Crippen LogP) is 6.20. The van der Waals surface area contributed by atoms with E-state index in [9.17, 15) is 4.79 Å². The molecule has 2 aromatic heterocycles. The van der Waals surface area contributed by atoms with Crippen molar-refractivity contribution in [1.29, 1.82) is 0 Å². The van der Waals surface area contributed by atoms with E-state index in [0.717, 1.165) is 39.1 Å². The number of pyridine rings is 1. The van der Waals surface area contributed by atoms with Gasteiger partial charge in [0.2, 0.25) is 0 Å². The summed E-state index contributed by atoms with van der Waals surface area (Å²) < 4.78 is 0. The summed E-state index contributed by atoms with van der Waals surface area (Å²) in [7, 11) is 0.